The molecule has 0 aliphatic heterocycles. The maximum absolute atomic E-state index is 11.8. The summed E-state index contributed by atoms with van der Waals surface area (Å²) in [4.78, 5) is 13.7. The third kappa shape index (κ3) is 4.67. The lowest BCUT2D eigenvalue weighted by Gasteiger charge is -2.18. The number of hydrogen-bond acceptors (Lipinski definition) is 3. The minimum Gasteiger partial charge on any atom is -0.343 e. The molecule has 0 saturated carbocycles. The van der Waals surface area contributed by atoms with Gasteiger partial charge in [0.15, 0.2) is 0 Å². The molecule has 0 fully saturated rings. The normalized spacial score (nSPS) is 10.7. The Labute approximate surface area is 116 Å². The lowest BCUT2D eigenvalue weighted by molar-refractivity contribution is -0.130. The van der Waals surface area contributed by atoms with E-state index in [1.54, 1.807) is 0 Å². The maximum atomic E-state index is 11.8. The standard InChI is InChI=1S/C14H26N4O/c1-5-12-10-13(17(4)16-12)11-15-9-8-14(19)18(6-2)7-3/h10,15H,5-9,11H2,1-4H3. The zero-order valence-corrected chi connectivity index (χ0v) is 12.6. The summed E-state index contributed by atoms with van der Waals surface area (Å²) in [6, 6.07) is 2.11. The molecule has 0 atom stereocenters. The van der Waals surface area contributed by atoms with E-state index in [0.717, 1.165) is 37.4 Å². The van der Waals surface area contributed by atoms with Gasteiger partial charge in [-0.05, 0) is 26.3 Å². The van der Waals surface area contributed by atoms with Gasteiger partial charge < -0.3 is 10.2 Å². The fourth-order valence-corrected chi connectivity index (χ4v) is 2.06. The van der Waals surface area contributed by atoms with Crippen molar-refractivity contribution >= 4 is 5.91 Å². The van der Waals surface area contributed by atoms with Gasteiger partial charge in [0, 0.05) is 39.6 Å². The number of rotatable bonds is 8. The van der Waals surface area contributed by atoms with E-state index < -0.39 is 0 Å². The summed E-state index contributed by atoms with van der Waals surface area (Å²) in [7, 11) is 1.96. The Morgan fingerprint density at radius 3 is 2.58 bits per heavy atom. The van der Waals surface area contributed by atoms with Crippen molar-refractivity contribution in [1.29, 1.82) is 0 Å². The van der Waals surface area contributed by atoms with Crippen molar-refractivity contribution < 1.29 is 4.79 Å². The van der Waals surface area contributed by atoms with Crippen molar-refractivity contribution in [2.45, 2.75) is 40.2 Å². The molecule has 1 heterocycles. The van der Waals surface area contributed by atoms with Crippen molar-refractivity contribution in [3.05, 3.63) is 17.5 Å². The summed E-state index contributed by atoms with van der Waals surface area (Å²) in [6.45, 7) is 9.17. The van der Waals surface area contributed by atoms with Crippen LogP contribution in [0.4, 0.5) is 0 Å². The number of amides is 1. The molecule has 1 amide bonds. The average Bonchev–Trinajstić information content (AvgIpc) is 2.77. The smallest absolute Gasteiger partial charge is 0.223 e. The van der Waals surface area contributed by atoms with E-state index in [0.29, 0.717) is 13.0 Å². The molecule has 0 spiro atoms. The Bertz CT molecular complexity index is 396. The Morgan fingerprint density at radius 1 is 1.37 bits per heavy atom. The summed E-state index contributed by atoms with van der Waals surface area (Å²) in [5.41, 5.74) is 2.27. The van der Waals surface area contributed by atoms with Gasteiger partial charge in [0.25, 0.3) is 0 Å². The first-order chi connectivity index (χ1) is 9.12. The lowest BCUT2D eigenvalue weighted by atomic mass is 10.3. The number of nitrogens with zero attached hydrogens (tertiary/aromatic N) is 3. The fourth-order valence-electron chi connectivity index (χ4n) is 2.06. The molecule has 0 unspecified atom stereocenters. The topological polar surface area (TPSA) is 50.2 Å². The largest absolute Gasteiger partial charge is 0.343 e. The molecule has 0 bridgehead atoms. The lowest BCUT2D eigenvalue weighted by Crippen LogP contribution is -2.32. The zero-order chi connectivity index (χ0) is 14.3. The van der Waals surface area contributed by atoms with Gasteiger partial charge in [-0.2, -0.15) is 5.10 Å². The average molecular weight is 266 g/mol. The molecule has 5 heteroatoms. The first kappa shape index (κ1) is 15.7. The van der Waals surface area contributed by atoms with Crippen LogP contribution in [0.2, 0.25) is 0 Å². The summed E-state index contributed by atoms with van der Waals surface area (Å²) in [5.74, 6) is 0.219. The van der Waals surface area contributed by atoms with Crippen LogP contribution in [-0.2, 0) is 24.8 Å². The van der Waals surface area contributed by atoms with Crippen LogP contribution in [0.5, 0.6) is 0 Å². The van der Waals surface area contributed by atoms with E-state index in [4.69, 9.17) is 0 Å². The molecule has 1 rings (SSSR count). The second kappa shape index (κ2) is 7.94. The molecule has 1 aromatic heterocycles. The molecular formula is C14H26N4O. The summed E-state index contributed by atoms with van der Waals surface area (Å²) in [5, 5.41) is 7.70. The van der Waals surface area contributed by atoms with Crippen molar-refractivity contribution in [1.82, 2.24) is 20.0 Å². The van der Waals surface area contributed by atoms with Crippen LogP contribution in [0.15, 0.2) is 6.07 Å². The van der Waals surface area contributed by atoms with E-state index in [-0.39, 0.29) is 5.91 Å². The third-order valence-electron chi connectivity index (χ3n) is 3.33. The first-order valence-electron chi connectivity index (χ1n) is 7.12. The van der Waals surface area contributed by atoms with Gasteiger partial charge in [-0.3, -0.25) is 9.48 Å². The van der Waals surface area contributed by atoms with Crippen molar-refractivity contribution in [2.24, 2.45) is 7.05 Å². The number of nitrogens with one attached hydrogen (secondary N) is 1. The monoisotopic (exact) mass is 266 g/mol. The highest BCUT2D eigenvalue weighted by atomic mass is 16.2. The number of aryl methyl sites for hydroxylation is 2. The molecule has 0 radical (unpaired) electrons. The summed E-state index contributed by atoms with van der Waals surface area (Å²) in [6.07, 6.45) is 1.51. The number of carbonyl (C=O) groups is 1. The molecular weight excluding hydrogens is 240 g/mol. The first-order valence-corrected chi connectivity index (χ1v) is 7.12. The van der Waals surface area contributed by atoms with E-state index in [1.807, 2.05) is 30.5 Å². The van der Waals surface area contributed by atoms with Crippen LogP contribution >= 0.6 is 0 Å². The van der Waals surface area contributed by atoms with E-state index in [9.17, 15) is 4.79 Å². The third-order valence-corrected chi connectivity index (χ3v) is 3.33. The SMILES string of the molecule is CCc1cc(CNCCC(=O)N(CC)CC)n(C)n1. The molecule has 1 N–H and O–H groups in total. The zero-order valence-electron chi connectivity index (χ0n) is 12.6. The molecule has 108 valence electrons. The summed E-state index contributed by atoms with van der Waals surface area (Å²) < 4.78 is 1.90. The quantitative estimate of drug-likeness (QED) is 0.722. The predicted molar refractivity (Wildman–Crippen MR) is 76.8 cm³/mol. The van der Waals surface area contributed by atoms with Crippen molar-refractivity contribution in [3.63, 3.8) is 0 Å². The number of carbonyl (C=O) groups excluding carboxylic acids is 1. The Balaban J connectivity index is 2.30. The number of hydrogen-bond donors (Lipinski definition) is 1. The molecule has 0 aromatic carbocycles. The second-order valence-electron chi connectivity index (χ2n) is 4.60. The minimum atomic E-state index is 0.219. The van der Waals surface area contributed by atoms with Gasteiger partial charge in [0.1, 0.15) is 0 Å². The molecule has 0 aliphatic rings. The van der Waals surface area contributed by atoms with Crippen LogP contribution in [-0.4, -0.2) is 40.2 Å². The predicted octanol–water partition coefficient (Wildman–Crippen LogP) is 1.33. The summed E-state index contributed by atoms with van der Waals surface area (Å²) >= 11 is 0. The van der Waals surface area contributed by atoms with Gasteiger partial charge in [-0.25, -0.2) is 0 Å². The van der Waals surface area contributed by atoms with Crippen LogP contribution in [0.1, 0.15) is 38.6 Å². The molecule has 0 aliphatic carbocycles. The van der Waals surface area contributed by atoms with Gasteiger partial charge in [-0.1, -0.05) is 6.92 Å². The second-order valence-corrected chi connectivity index (χ2v) is 4.60. The van der Waals surface area contributed by atoms with Crippen molar-refractivity contribution in [2.75, 3.05) is 19.6 Å². The fraction of sp³-hybridized carbons (Fsp3) is 0.714. The van der Waals surface area contributed by atoms with E-state index in [1.165, 1.54) is 0 Å². The highest BCUT2D eigenvalue weighted by Gasteiger charge is 2.09. The van der Waals surface area contributed by atoms with Gasteiger partial charge in [0.2, 0.25) is 5.91 Å². The maximum Gasteiger partial charge on any atom is 0.223 e. The van der Waals surface area contributed by atoms with Gasteiger partial charge in [-0.15, -0.1) is 0 Å². The van der Waals surface area contributed by atoms with Gasteiger partial charge in [0.05, 0.1) is 11.4 Å². The van der Waals surface area contributed by atoms with Crippen LogP contribution in [0.25, 0.3) is 0 Å². The molecule has 1 aromatic rings. The number of aromatic nitrogens is 2. The Morgan fingerprint density at radius 2 is 2.05 bits per heavy atom. The van der Waals surface area contributed by atoms with E-state index in [2.05, 4.69) is 23.4 Å². The Hall–Kier alpha value is -1.36. The molecule has 0 saturated heterocycles. The molecule has 5 nitrogen and oxygen atoms in total. The highest BCUT2D eigenvalue weighted by molar-refractivity contribution is 5.76. The minimum absolute atomic E-state index is 0.219. The van der Waals surface area contributed by atoms with Crippen LogP contribution < -0.4 is 5.32 Å². The molecule has 19 heavy (non-hydrogen) atoms. The van der Waals surface area contributed by atoms with Crippen molar-refractivity contribution in [3.8, 4) is 0 Å². The van der Waals surface area contributed by atoms with Crippen LogP contribution in [0, 0.1) is 0 Å². The Kier molecular flexibility index (Phi) is 6.56. The van der Waals surface area contributed by atoms with Crippen LogP contribution in [0.3, 0.4) is 0 Å². The van der Waals surface area contributed by atoms with E-state index >= 15 is 0 Å². The van der Waals surface area contributed by atoms with Gasteiger partial charge >= 0.3 is 0 Å². The highest BCUT2D eigenvalue weighted by Crippen LogP contribution is 2.03.